The molecule has 3 nitrogen and oxygen atoms in total. The van der Waals surface area contributed by atoms with Crippen molar-refractivity contribution in [2.75, 3.05) is 5.32 Å². The maximum Gasteiger partial charge on any atom is 0.258 e. The largest absolute Gasteiger partial charge is 0.322 e. The number of amides is 1. The summed E-state index contributed by atoms with van der Waals surface area (Å²) >= 11 is 5.99. The lowest BCUT2D eigenvalue weighted by Gasteiger charge is -2.11. The first-order valence-electron chi connectivity index (χ1n) is 7.71. The number of anilines is 1. The van der Waals surface area contributed by atoms with Crippen LogP contribution < -0.4 is 5.32 Å². The summed E-state index contributed by atoms with van der Waals surface area (Å²) in [5, 5.41) is 3.22. The van der Waals surface area contributed by atoms with Gasteiger partial charge in [0.05, 0.1) is 5.56 Å². The lowest BCUT2D eigenvalue weighted by Crippen LogP contribution is -2.14. The monoisotopic (exact) mass is 314 g/mol. The quantitative estimate of drug-likeness (QED) is 0.798. The van der Waals surface area contributed by atoms with E-state index in [0.717, 1.165) is 11.6 Å². The SMILES string of the molecule is CCCC1CC1c1ccccc1NC(=O)c1cccnc1Cl. The lowest BCUT2D eigenvalue weighted by molar-refractivity contribution is 0.102. The molecule has 1 aromatic heterocycles. The Kier molecular flexibility index (Phi) is 4.44. The van der Waals surface area contributed by atoms with Crippen LogP contribution in [0.15, 0.2) is 42.6 Å². The van der Waals surface area contributed by atoms with Crippen LogP contribution >= 0.6 is 11.6 Å². The molecular weight excluding hydrogens is 296 g/mol. The van der Waals surface area contributed by atoms with Gasteiger partial charge in [-0.3, -0.25) is 4.79 Å². The second-order valence-electron chi connectivity index (χ2n) is 5.77. The molecule has 3 rings (SSSR count). The molecule has 0 spiro atoms. The van der Waals surface area contributed by atoms with Crippen molar-refractivity contribution in [3.63, 3.8) is 0 Å². The highest BCUT2D eigenvalue weighted by Gasteiger charge is 2.38. The summed E-state index contributed by atoms with van der Waals surface area (Å²) in [5.41, 5.74) is 2.52. The second-order valence-corrected chi connectivity index (χ2v) is 6.13. The van der Waals surface area contributed by atoms with Crippen molar-refractivity contribution in [3.8, 4) is 0 Å². The zero-order chi connectivity index (χ0) is 15.5. The van der Waals surface area contributed by atoms with Crippen molar-refractivity contribution in [2.45, 2.75) is 32.1 Å². The predicted molar refractivity (Wildman–Crippen MR) is 89.4 cm³/mol. The van der Waals surface area contributed by atoms with Gasteiger partial charge in [0.25, 0.3) is 5.91 Å². The molecule has 2 atom stereocenters. The summed E-state index contributed by atoms with van der Waals surface area (Å²) in [7, 11) is 0. The van der Waals surface area contributed by atoms with Crippen LogP contribution in [0.1, 0.15) is 48.0 Å². The Morgan fingerprint density at radius 2 is 2.14 bits per heavy atom. The van der Waals surface area contributed by atoms with Crippen LogP contribution in [0.25, 0.3) is 0 Å². The average Bonchev–Trinajstić information content (AvgIpc) is 3.28. The molecule has 1 N–H and O–H groups in total. The van der Waals surface area contributed by atoms with Gasteiger partial charge in [-0.15, -0.1) is 0 Å². The van der Waals surface area contributed by atoms with Crippen molar-refractivity contribution >= 4 is 23.2 Å². The van der Waals surface area contributed by atoms with Gasteiger partial charge in [0, 0.05) is 11.9 Å². The molecule has 114 valence electrons. The summed E-state index contributed by atoms with van der Waals surface area (Å²) in [6.45, 7) is 2.22. The molecule has 1 saturated carbocycles. The Morgan fingerprint density at radius 3 is 2.91 bits per heavy atom. The highest BCUT2D eigenvalue weighted by molar-refractivity contribution is 6.33. The highest BCUT2D eigenvalue weighted by Crippen LogP contribution is 2.52. The third-order valence-electron chi connectivity index (χ3n) is 4.19. The van der Waals surface area contributed by atoms with Gasteiger partial charge in [-0.25, -0.2) is 4.98 Å². The number of pyridine rings is 1. The van der Waals surface area contributed by atoms with E-state index >= 15 is 0 Å². The fourth-order valence-electron chi connectivity index (χ4n) is 3.00. The number of carbonyl (C=O) groups is 1. The van der Waals surface area contributed by atoms with Crippen molar-refractivity contribution in [1.82, 2.24) is 4.98 Å². The Labute approximate surface area is 135 Å². The number of aromatic nitrogens is 1. The lowest BCUT2D eigenvalue weighted by atomic mass is 10.0. The minimum absolute atomic E-state index is 0.210. The third kappa shape index (κ3) is 3.14. The first-order chi connectivity index (χ1) is 10.7. The van der Waals surface area contributed by atoms with Crippen LogP contribution in [0.3, 0.4) is 0 Å². The fraction of sp³-hybridized carbons (Fsp3) is 0.333. The molecule has 1 amide bonds. The fourth-order valence-corrected chi connectivity index (χ4v) is 3.20. The molecule has 4 heteroatoms. The normalized spacial score (nSPS) is 19.7. The van der Waals surface area contributed by atoms with Gasteiger partial charge < -0.3 is 5.32 Å². The minimum Gasteiger partial charge on any atom is -0.322 e. The molecule has 0 radical (unpaired) electrons. The van der Waals surface area contributed by atoms with Crippen LogP contribution in [0, 0.1) is 5.92 Å². The molecule has 2 unspecified atom stereocenters. The number of nitrogens with zero attached hydrogens (tertiary/aromatic N) is 1. The highest BCUT2D eigenvalue weighted by atomic mass is 35.5. The topological polar surface area (TPSA) is 42.0 Å². The van der Waals surface area contributed by atoms with E-state index in [-0.39, 0.29) is 11.1 Å². The first kappa shape index (κ1) is 15.0. The van der Waals surface area contributed by atoms with Gasteiger partial charge in [-0.05, 0) is 42.0 Å². The number of halogens is 1. The summed E-state index contributed by atoms with van der Waals surface area (Å²) in [6, 6.07) is 11.4. The third-order valence-corrected chi connectivity index (χ3v) is 4.50. The maximum absolute atomic E-state index is 12.4. The minimum atomic E-state index is -0.210. The molecule has 1 aliphatic rings. The van der Waals surface area contributed by atoms with Crippen LogP contribution in [0.2, 0.25) is 5.15 Å². The molecule has 1 heterocycles. The van der Waals surface area contributed by atoms with E-state index < -0.39 is 0 Å². The molecular formula is C18H19ClN2O. The maximum atomic E-state index is 12.4. The summed E-state index contributed by atoms with van der Waals surface area (Å²) in [5.74, 6) is 1.11. The van der Waals surface area contributed by atoms with Crippen LogP contribution in [-0.4, -0.2) is 10.9 Å². The van der Waals surface area contributed by atoms with E-state index in [1.54, 1.807) is 18.3 Å². The van der Waals surface area contributed by atoms with Gasteiger partial charge in [-0.1, -0.05) is 49.6 Å². The van der Waals surface area contributed by atoms with E-state index in [9.17, 15) is 4.79 Å². The molecule has 0 saturated heterocycles. The smallest absolute Gasteiger partial charge is 0.258 e. The van der Waals surface area contributed by atoms with E-state index in [1.165, 1.54) is 24.8 Å². The van der Waals surface area contributed by atoms with Crippen molar-refractivity contribution in [1.29, 1.82) is 0 Å². The predicted octanol–water partition coefficient (Wildman–Crippen LogP) is 4.89. The Morgan fingerprint density at radius 1 is 1.32 bits per heavy atom. The van der Waals surface area contributed by atoms with Gasteiger partial charge in [0.2, 0.25) is 0 Å². The van der Waals surface area contributed by atoms with E-state index in [2.05, 4.69) is 23.3 Å². The van der Waals surface area contributed by atoms with E-state index in [1.807, 2.05) is 18.2 Å². The Balaban J connectivity index is 1.79. The molecule has 1 aliphatic carbocycles. The van der Waals surface area contributed by atoms with Crippen molar-refractivity contribution in [3.05, 3.63) is 58.9 Å². The molecule has 2 aromatic rings. The van der Waals surface area contributed by atoms with Crippen molar-refractivity contribution < 1.29 is 4.79 Å². The van der Waals surface area contributed by atoms with Gasteiger partial charge >= 0.3 is 0 Å². The number of para-hydroxylation sites is 1. The summed E-state index contributed by atoms with van der Waals surface area (Å²) in [4.78, 5) is 16.4. The number of rotatable bonds is 5. The zero-order valence-corrected chi connectivity index (χ0v) is 13.3. The molecule has 1 fully saturated rings. The standard InChI is InChI=1S/C18H19ClN2O/c1-2-6-12-11-15(12)13-7-3-4-9-16(13)21-18(22)14-8-5-10-20-17(14)19/h3-5,7-10,12,15H,2,6,11H2,1H3,(H,21,22). The molecule has 0 bridgehead atoms. The number of carbonyl (C=O) groups excluding carboxylic acids is 1. The van der Waals surface area contributed by atoms with Gasteiger partial charge in [0.15, 0.2) is 0 Å². The zero-order valence-electron chi connectivity index (χ0n) is 12.6. The van der Waals surface area contributed by atoms with Crippen molar-refractivity contribution in [2.24, 2.45) is 5.92 Å². The van der Waals surface area contributed by atoms with Crippen LogP contribution in [0.5, 0.6) is 0 Å². The molecule has 22 heavy (non-hydrogen) atoms. The number of nitrogens with one attached hydrogen (secondary N) is 1. The number of benzene rings is 1. The Hall–Kier alpha value is -1.87. The average molecular weight is 315 g/mol. The van der Waals surface area contributed by atoms with Gasteiger partial charge in [0.1, 0.15) is 5.15 Å². The first-order valence-corrected chi connectivity index (χ1v) is 8.09. The molecule has 1 aromatic carbocycles. The van der Waals surface area contributed by atoms with E-state index in [4.69, 9.17) is 11.6 Å². The number of hydrogen-bond donors (Lipinski definition) is 1. The number of hydrogen-bond acceptors (Lipinski definition) is 2. The second kappa shape index (κ2) is 6.49. The summed E-state index contributed by atoms with van der Waals surface area (Å²) < 4.78 is 0. The van der Waals surface area contributed by atoms with Crippen LogP contribution in [0.4, 0.5) is 5.69 Å². The molecule has 0 aliphatic heterocycles. The van der Waals surface area contributed by atoms with Crippen LogP contribution in [-0.2, 0) is 0 Å². The van der Waals surface area contributed by atoms with Gasteiger partial charge in [-0.2, -0.15) is 0 Å². The summed E-state index contributed by atoms with van der Waals surface area (Å²) in [6.07, 6.45) is 5.25. The Bertz CT molecular complexity index is 686. The van der Waals surface area contributed by atoms with E-state index in [0.29, 0.717) is 11.5 Å².